The van der Waals surface area contributed by atoms with Crippen molar-refractivity contribution in [3.05, 3.63) is 0 Å². The Balaban J connectivity index is -0.000000183. The van der Waals surface area contributed by atoms with E-state index in [1.807, 2.05) is 13.8 Å². The van der Waals surface area contributed by atoms with Crippen LogP contribution in [0.5, 0.6) is 0 Å². The van der Waals surface area contributed by atoms with Gasteiger partial charge >= 0.3 is 12.4 Å². The molecule has 202 valence electrons. The Labute approximate surface area is 224 Å². The first-order valence-corrected chi connectivity index (χ1v) is 10.3. The van der Waals surface area contributed by atoms with E-state index in [1.165, 1.54) is 57.6 Å². The van der Waals surface area contributed by atoms with Crippen LogP contribution in [0.4, 0.5) is 26.3 Å². The molecular weight excluding hydrogens is 699 g/mol. The van der Waals surface area contributed by atoms with Gasteiger partial charge in [-0.3, -0.25) is 9.89 Å². The van der Waals surface area contributed by atoms with Crippen molar-refractivity contribution in [2.24, 2.45) is 0 Å². The summed E-state index contributed by atoms with van der Waals surface area (Å²) in [7, 11) is 3.75. The van der Waals surface area contributed by atoms with E-state index in [9.17, 15) is 31.4 Å². The third-order valence-electron chi connectivity index (χ3n) is 4.13. The van der Waals surface area contributed by atoms with Crippen LogP contribution in [0.1, 0.15) is 59.8 Å². The van der Waals surface area contributed by atoms with Gasteiger partial charge in [-0.1, -0.05) is 0 Å². The third-order valence-corrected chi connectivity index (χ3v) is 4.13. The second-order valence-electron chi connectivity index (χ2n) is 7.31. The van der Waals surface area contributed by atoms with Crippen molar-refractivity contribution >= 4 is 14.2 Å². The molecule has 0 amide bonds. The number of ether oxygens (including phenoxy) is 1. The van der Waals surface area contributed by atoms with Gasteiger partial charge in [0.15, 0.2) is 0 Å². The number of nitrogens with zero attached hydrogens (tertiary/aromatic N) is 1. The molecule has 0 bridgehead atoms. The first kappa shape index (κ1) is 38.5. The normalized spacial score (nSPS) is 17.8. The predicted molar refractivity (Wildman–Crippen MR) is 111 cm³/mol. The van der Waals surface area contributed by atoms with Gasteiger partial charge in [0.05, 0.1) is 25.4 Å². The number of hydrogen-bond acceptors (Lipinski definition) is 6. The molecule has 0 spiro atoms. The topological polar surface area (TPSA) is 108 Å². The Morgan fingerprint density at radius 3 is 1.68 bits per heavy atom. The van der Waals surface area contributed by atoms with Gasteiger partial charge < -0.3 is 25.2 Å². The van der Waals surface area contributed by atoms with Crippen molar-refractivity contribution in [3.63, 3.8) is 0 Å². The summed E-state index contributed by atoms with van der Waals surface area (Å²) in [6.45, 7) is 9.86. The fourth-order valence-corrected chi connectivity index (χ4v) is 2.22. The van der Waals surface area contributed by atoms with E-state index >= 15 is 0 Å². The first-order valence-electron chi connectivity index (χ1n) is 10.9. The fraction of sp³-hybridized carbons (Fsp3) is 0.947. The van der Waals surface area contributed by atoms with Gasteiger partial charge in [-0.2, -0.15) is 26.3 Å². The molecule has 0 saturated heterocycles. The average molecular weight is 737 g/mol. The molecule has 2 rings (SSSR count). The van der Waals surface area contributed by atoms with Crippen molar-refractivity contribution in [2.45, 2.75) is 83.7 Å². The molecule has 2 radical (unpaired) electrons. The summed E-state index contributed by atoms with van der Waals surface area (Å²) >= 11 is 0. The van der Waals surface area contributed by atoms with Crippen LogP contribution in [-0.4, -0.2) is 92.2 Å². The molecule has 0 saturated carbocycles. The number of halogens is 6. The molecule has 0 fully saturated rings. The zero-order valence-corrected chi connectivity index (χ0v) is 24.2. The largest absolute Gasteiger partial charge is 0.822 e. The van der Waals surface area contributed by atoms with Crippen LogP contribution in [0.25, 0.3) is 0 Å². The minimum absolute atomic E-state index is 0. The predicted octanol–water partition coefficient (Wildman–Crippen LogP) is 1.23. The Morgan fingerprint density at radius 2 is 1.35 bits per heavy atom. The van der Waals surface area contributed by atoms with Crippen LogP contribution in [-0.2, 0) is 4.74 Å². The summed E-state index contributed by atoms with van der Waals surface area (Å²) in [5, 5.41) is 36.3. The maximum Gasteiger partial charge on any atom is 0.442 e. The molecule has 2 aliphatic rings. The van der Waals surface area contributed by atoms with Crippen molar-refractivity contribution in [1.29, 1.82) is 1.34 Å². The molecule has 4 N–H and O–H groups in total. The molecule has 2 aliphatic heterocycles. The Hall–Kier alpha value is -0.0331. The van der Waals surface area contributed by atoms with Gasteiger partial charge in [0, 0.05) is 65.5 Å². The van der Waals surface area contributed by atoms with Crippen LogP contribution < -0.4 is 10.4 Å². The minimum atomic E-state index is -5.06. The maximum absolute atomic E-state index is 11.1. The minimum Gasteiger partial charge on any atom is -0.822 e. The summed E-state index contributed by atoms with van der Waals surface area (Å²) in [6, 6.07) is 0. The molecule has 0 aromatic rings. The summed E-state index contributed by atoms with van der Waals surface area (Å²) in [4.78, 5) is 0. The zero-order chi connectivity index (χ0) is 27.6. The molecule has 1 unspecified atom stereocenters. The van der Waals surface area contributed by atoms with E-state index in [2.05, 4.69) is 18.3 Å². The van der Waals surface area contributed by atoms with Crippen LogP contribution in [0.2, 0.25) is 0 Å². The maximum atomic E-state index is 11.1. The van der Waals surface area contributed by atoms with Gasteiger partial charge in [-0.05, 0) is 48.3 Å². The first-order chi connectivity index (χ1) is 15.4. The smallest absolute Gasteiger partial charge is 0.442 e. The van der Waals surface area contributed by atoms with E-state index in [1.54, 1.807) is 0 Å². The zero-order valence-electron chi connectivity index (χ0n) is 21.0. The number of aliphatic hydroxyl groups is 3. The van der Waals surface area contributed by atoms with E-state index in [-0.39, 0.29) is 45.0 Å². The van der Waals surface area contributed by atoms with E-state index in [0.717, 1.165) is 13.2 Å². The van der Waals surface area contributed by atoms with Crippen LogP contribution in [0.3, 0.4) is 0 Å². The third kappa shape index (κ3) is 20.2. The molecule has 7 nitrogen and oxygen atoms in total. The van der Waals surface area contributed by atoms with Crippen LogP contribution >= 0.6 is 0 Å². The molecule has 0 aliphatic carbocycles. The average Bonchev–Trinajstić information content (AvgIpc) is 2.94. The molecular formula is C19H37BF6N2O5U. The molecule has 0 aromatic heterocycles. The number of alkyl halides is 6. The molecule has 34 heavy (non-hydrogen) atoms. The SMILES string of the molecule is C1CCC2=[N+](CC1)CCCN2.CC(O)(O)C(F)(F)F.CC([O-])(O)C(F)(F)F.CCOCC.[2H][B].[U]. The monoisotopic (exact) mass is 737 g/mol. The second kappa shape index (κ2) is 19.1. The molecule has 15 heteroatoms. The Kier molecular flexibility index (Phi) is 21.7. The number of amidine groups is 1. The van der Waals surface area contributed by atoms with Gasteiger partial charge in [0.25, 0.3) is 5.79 Å². The van der Waals surface area contributed by atoms with Crippen molar-refractivity contribution in [1.82, 2.24) is 5.32 Å². The number of nitrogens with one attached hydrogen (secondary N) is 1. The van der Waals surface area contributed by atoms with Gasteiger partial charge in [0.2, 0.25) is 5.84 Å². The summed E-state index contributed by atoms with van der Waals surface area (Å²) in [5.74, 6) is -5.85. The van der Waals surface area contributed by atoms with Crippen molar-refractivity contribution in [3.8, 4) is 0 Å². The molecule has 2 heterocycles. The molecule has 1 atom stereocenters. The summed E-state index contributed by atoms with van der Waals surface area (Å²) in [5.41, 5.74) is 0. The van der Waals surface area contributed by atoms with Gasteiger partial charge in [0.1, 0.15) is 0 Å². The standard InChI is InChI=1S/C9H16N2.C4H10O.C3H5F3O2.C3H4F3O2.BH.U/c1-2-5-9-10-6-4-8-11(9)7-3-1;1-3-5-4-2;2*1-2(7,8)3(4,5)6;;/h1-8H2;3-4H2,1-2H3;7-8H,1H3;7H,1H3;1H;/q;;;-1;;/p+1/i;;;;1D;. The van der Waals surface area contributed by atoms with E-state index < -0.39 is 23.9 Å². The van der Waals surface area contributed by atoms with Crippen LogP contribution in [0.15, 0.2) is 0 Å². The number of rotatable bonds is 2. The van der Waals surface area contributed by atoms with Crippen molar-refractivity contribution < 1.29 is 87.2 Å². The Bertz CT molecular complexity index is 478. The quantitative estimate of drug-likeness (QED) is 0.147. The van der Waals surface area contributed by atoms with E-state index in [0.29, 0.717) is 0 Å². The van der Waals surface area contributed by atoms with Crippen molar-refractivity contribution in [2.75, 3.05) is 32.8 Å². The van der Waals surface area contributed by atoms with Gasteiger partial charge in [-0.15, -0.1) is 0 Å². The summed E-state index contributed by atoms with van der Waals surface area (Å²) < 4.78 is 78.8. The Morgan fingerprint density at radius 1 is 0.941 bits per heavy atom. The van der Waals surface area contributed by atoms with E-state index in [4.69, 9.17) is 21.4 Å². The fourth-order valence-electron chi connectivity index (χ4n) is 2.22. The number of hydrogen-bond donors (Lipinski definition) is 4. The van der Waals surface area contributed by atoms with Crippen LogP contribution in [0, 0.1) is 31.1 Å². The second-order valence-corrected chi connectivity index (χ2v) is 7.31. The summed E-state index contributed by atoms with van der Waals surface area (Å²) in [6.07, 6.45) is -3.20. The van der Waals surface area contributed by atoms with Gasteiger partial charge in [-0.25, -0.2) is 0 Å². The molecule has 0 aromatic carbocycles.